The van der Waals surface area contributed by atoms with Crippen LogP contribution in [0.1, 0.15) is 36.5 Å². The molecule has 1 N–H and O–H groups in total. The smallest absolute Gasteiger partial charge is 0.224 e. The molecule has 0 saturated heterocycles. The maximum absolute atomic E-state index is 13.9. The van der Waals surface area contributed by atoms with E-state index in [1.165, 1.54) is 12.1 Å². The van der Waals surface area contributed by atoms with Crippen LogP contribution in [-0.4, -0.2) is 42.2 Å². The van der Waals surface area contributed by atoms with Crippen molar-refractivity contribution in [2.45, 2.75) is 38.0 Å². The lowest BCUT2D eigenvalue weighted by Crippen LogP contribution is -2.40. The average molecular weight is 384 g/mol. The first-order valence-corrected chi connectivity index (χ1v) is 9.70. The van der Waals surface area contributed by atoms with Crippen LogP contribution in [0.3, 0.4) is 0 Å². The van der Waals surface area contributed by atoms with Gasteiger partial charge in [-0.15, -0.1) is 0 Å². The van der Waals surface area contributed by atoms with E-state index in [-0.39, 0.29) is 17.8 Å². The van der Waals surface area contributed by atoms with Gasteiger partial charge < -0.3 is 19.6 Å². The predicted molar refractivity (Wildman–Crippen MR) is 105 cm³/mol. The van der Waals surface area contributed by atoms with Crippen molar-refractivity contribution in [1.82, 2.24) is 4.90 Å². The van der Waals surface area contributed by atoms with Crippen LogP contribution in [-0.2, 0) is 11.3 Å². The number of carbonyl (C=O) groups excluding carboxylic acids is 1. The van der Waals surface area contributed by atoms with E-state index in [0.717, 1.165) is 29.7 Å². The van der Waals surface area contributed by atoms with Crippen molar-refractivity contribution in [3.05, 3.63) is 59.4 Å². The van der Waals surface area contributed by atoms with Gasteiger partial charge >= 0.3 is 0 Å². The van der Waals surface area contributed by atoms with Crippen LogP contribution < -0.4 is 9.64 Å². The maximum atomic E-state index is 13.9. The lowest BCUT2D eigenvalue weighted by atomic mass is 10.0. The van der Waals surface area contributed by atoms with Crippen LogP contribution in [0.5, 0.6) is 5.75 Å². The fourth-order valence-electron chi connectivity index (χ4n) is 3.83. The fraction of sp³-hybridized carbons (Fsp3) is 0.409. The summed E-state index contributed by atoms with van der Waals surface area (Å²) in [6.07, 6.45) is 1.68. The molecular formula is C22H25FN2O3. The zero-order valence-corrected chi connectivity index (χ0v) is 16.0. The van der Waals surface area contributed by atoms with Crippen molar-refractivity contribution in [1.29, 1.82) is 0 Å². The summed E-state index contributed by atoms with van der Waals surface area (Å²) in [5.41, 5.74) is 2.41. The van der Waals surface area contributed by atoms with Crippen molar-refractivity contribution in [3.8, 4) is 5.75 Å². The third-order valence-electron chi connectivity index (χ3n) is 5.50. The SMILES string of the molecule is COc1cccc(C(O)CN2CCC(=O)N(C3CC3)Cc3cc(F)ccc32)c1. The van der Waals surface area contributed by atoms with Gasteiger partial charge in [0.2, 0.25) is 5.91 Å². The molecule has 0 radical (unpaired) electrons. The summed E-state index contributed by atoms with van der Waals surface area (Å²) in [4.78, 5) is 16.5. The number of benzene rings is 2. The molecule has 1 aliphatic carbocycles. The normalized spacial score (nSPS) is 18.3. The number of methoxy groups -OCH3 is 1. The van der Waals surface area contributed by atoms with Crippen molar-refractivity contribution in [3.63, 3.8) is 0 Å². The molecule has 1 unspecified atom stereocenters. The number of β-amino-alcohol motifs (C(OH)–C–C–N with tert-alkyl or cyclic N) is 1. The number of rotatable bonds is 5. The Morgan fingerprint density at radius 3 is 2.82 bits per heavy atom. The number of aliphatic hydroxyl groups excluding tert-OH is 1. The quantitative estimate of drug-likeness (QED) is 0.860. The number of hydrogen-bond acceptors (Lipinski definition) is 4. The largest absolute Gasteiger partial charge is 0.497 e. The maximum Gasteiger partial charge on any atom is 0.224 e. The molecule has 1 saturated carbocycles. The molecule has 5 nitrogen and oxygen atoms in total. The third kappa shape index (κ3) is 3.97. The lowest BCUT2D eigenvalue weighted by Gasteiger charge is -2.34. The van der Waals surface area contributed by atoms with Crippen LogP contribution in [0, 0.1) is 5.82 Å². The zero-order chi connectivity index (χ0) is 19.7. The van der Waals surface area contributed by atoms with E-state index in [0.29, 0.717) is 31.8 Å². The minimum atomic E-state index is -0.748. The second-order valence-electron chi connectivity index (χ2n) is 7.51. The highest BCUT2D eigenvalue weighted by Gasteiger charge is 2.34. The Balaban J connectivity index is 1.61. The molecule has 2 aliphatic rings. The number of carbonyl (C=O) groups is 1. The summed E-state index contributed by atoms with van der Waals surface area (Å²) in [6.45, 7) is 1.23. The topological polar surface area (TPSA) is 53.0 Å². The Kier molecular flexibility index (Phi) is 5.22. The van der Waals surface area contributed by atoms with Gasteiger partial charge in [-0.05, 0) is 54.3 Å². The second kappa shape index (κ2) is 7.80. The van der Waals surface area contributed by atoms with E-state index >= 15 is 0 Å². The summed E-state index contributed by atoms with van der Waals surface area (Å²) in [5.74, 6) is 0.469. The second-order valence-corrected chi connectivity index (χ2v) is 7.51. The molecule has 4 rings (SSSR count). The highest BCUT2D eigenvalue weighted by atomic mass is 19.1. The average Bonchev–Trinajstić information content (AvgIpc) is 3.53. The number of fused-ring (bicyclic) bond motifs is 1. The summed E-state index contributed by atoms with van der Waals surface area (Å²) < 4.78 is 19.2. The van der Waals surface area contributed by atoms with Gasteiger partial charge in [0, 0.05) is 37.8 Å². The molecule has 0 bridgehead atoms. The van der Waals surface area contributed by atoms with Crippen LogP contribution in [0.2, 0.25) is 0 Å². The van der Waals surface area contributed by atoms with Crippen molar-refractivity contribution in [2.75, 3.05) is 25.1 Å². The standard InChI is InChI=1S/C22H25FN2O3/c1-28-19-4-2-3-15(12-19)21(26)14-24-10-9-22(27)25(18-6-7-18)13-16-11-17(23)5-8-20(16)24/h2-5,8,11-12,18,21,26H,6-7,9-10,13-14H2,1H3. The molecule has 1 fully saturated rings. The first-order valence-electron chi connectivity index (χ1n) is 9.70. The monoisotopic (exact) mass is 384 g/mol. The first kappa shape index (κ1) is 18.7. The molecule has 28 heavy (non-hydrogen) atoms. The number of halogens is 1. The van der Waals surface area contributed by atoms with Gasteiger partial charge in [-0.3, -0.25) is 4.79 Å². The van der Waals surface area contributed by atoms with Gasteiger partial charge in [0.15, 0.2) is 0 Å². The molecule has 1 aliphatic heterocycles. The number of ether oxygens (including phenoxy) is 1. The summed E-state index contributed by atoms with van der Waals surface area (Å²) in [7, 11) is 1.59. The Bertz CT molecular complexity index is 869. The Hall–Kier alpha value is -2.60. The highest BCUT2D eigenvalue weighted by molar-refractivity contribution is 5.78. The molecule has 148 valence electrons. The molecule has 2 aromatic rings. The van der Waals surface area contributed by atoms with Gasteiger partial charge in [0.1, 0.15) is 11.6 Å². The van der Waals surface area contributed by atoms with E-state index in [4.69, 9.17) is 4.74 Å². The first-order chi connectivity index (χ1) is 13.5. The molecule has 1 atom stereocenters. The van der Waals surface area contributed by atoms with Gasteiger partial charge in [-0.25, -0.2) is 4.39 Å². The number of anilines is 1. The molecule has 1 amide bonds. The van der Waals surface area contributed by atoms with E-state index < -0.39 is 6.10 Å². The van der Waals surface area contributed by atoms with E-state index in [1.807, 2.05) is 28.0 Å². The minimum absolute atomic E-state index is 0.0956. The summed E-state index contributed by atoms with van der Waals surface area (Å²) in [5, 5.41) is 10.8. The highest BCUT2D eigenvalue weighted by Crippen LogP contribution is 2.34. The number of amides is 1. The number of hydrogen-bond donors (Lipinski definition) is 1. The third-order valence-corrected chi connectivity index (χ3v) is 5.50. The van der Waals surface area contributed by atoms with E-state index in [2.05, 4.69) is 0 Å². The van der Waals surface area contributed by atoms with Crippen molar-refractivity contribution in [2.24, 2.45) is 0 Å². The molecule has 0 spiro atoms. The van der Waals surface area contributed by atoms with E-state index in [1.54, 1.807) is 19.2 Å². The molecule has 1 heterocycles. The number of aliphatic hydroxyl groups is 1. The van der Waals surface area contributed by atoms with E-state index in [9.17, 15) is 14.3 Å². The van der Waals surface area contributed by atoms with Crippen molar-refractivity contribution < 1.29 is 19.0 Å². The Morgan fingerprint density at radius 1 is 1.25 bits per heavy atom. The molecule has 6 heteroatoms. The molecular weight excluding hydrogens is 359 g/mol. The van der Waals surface area contributed by atoms with Gasteiger partial charge in [-0.1, -0.05) is 12.1 Å². The minimum Gasteiger partial charge on any atom is -0.497 e. The van der Waals surface area contributed by atoms with Crippen LogP contribution >= 0.6 is 0 Å². The molecule has 2 aromatic carbocycles. The summed E-state index contributed by atoms with van der Waals surface area (Å²) in [6, 6.07) is 12.3. The van der Waals surface area contributed by atoms with Crippen LogP contribution in [0.4, 0.5) is 10.1 Å². The molecule has 0 aromatic heterocycles. The van der Waals surface area contributed by atoms with Crippen LogP contribution in [0.15, 0.2) is 42.5 Å². The zero-order valence-electron chi connectivity index (χ0n) is 16.0. The summed E-state index contributed by atoms with van der Waals surface area (Å²) >= 11 is 0. The lowest BCUT2D eigenvalue weighted by molar-refractivity contribution is -0.132. The van der Waals surface area contributed by atoms with Gasteiger partial charge in [0.05, 0.1) is 13.2 Å². The number of nitrogens with zero attached hydrogens (tertiary/aromatic N) is 2. The Labute approximate surface area is 164 Å². The van der Waals surface area contributed by atoms with Crippen molar-refractivity contribution >= 4 is 11.6 Å². The fourth-order valence-corrected chi connectivity index (χ4v) is 3.83. The predicted octanol–water partition coefficient (Wildman–Crippen LogP) is 3.27. The van der Waals surface area contributed by atoms with Crippen LogP contribution in [0.25, 0.3) is 0 Å². The van der Waals surface area contributed by atoms with Gasteiger partial charge in [-0.2, -0.15) is 0 Å². The van der Waals surface area contributed by atoms with Gasteiger partial charge in [0.25, 0.3) is 0 Å². The Morgan fingerprint density at radius 2 is 2.07 bits per heavy atom.